The molecule has 0 spiro atoms. The summed E-state index contributed by atoms with van der Waals surface area (Å²) in [5.41, 5.74) is 0. The summed E-state index contributed by atoms with van der Waals surface area (Å²) in [6.07, 6.45) is 3.01. The van der Waals surface area contributed by atoms with Crippen LogP contribution in [0.15, 0.2) is 0 Å². The molecule has 0 heteroatoms. The van der Waals surface area contributed by atoms with Gasteiger partial charge in [-0.05, 0) is 48.3 Å². The highest BCUT2D eigenvalue weighted by atomic mass is 14.6. The summed E-state index contributed by atoms with van der Waals surface area (Å²) in [5.74, 6) is 6.35. The van der Waals surface area contributed by atoms with Crippen molar-refractivity contribution in [2.75, 3.05) is 0 Å². The lowest BCUT2D eigenvalue weighted by molar-refractivity contribution is -0.144. The Bertz CT molecular complexity index is 171. The van der Waals surface area contributed by atoms with Crippen LogP contribution in [0.5, 0.6) is 0 Å². The van der Waals surface area contributed by atoms with Crippen LogP contribution < -0.4 is 0 Å². The van der Waals surface area contributed by atoms with Gasteiger partial charge in [0.2, 0.25) is 0 Å². The van der Waals surface area contributed by atoms with Crippen LogP contribution in [0.1, 0.15) is 40.5 Å². The Morgan fingerprint density at radius 3 is 2.42 bits per heavy atom. The van der Waals surface area contributed by atoms with Gasteiger partial charge in [-0.1, -0.05) is 27.7 Å². The summed E-state index contributed by atoms with van der Waals surface area (Å²) in [6, 6.07) is 0. The maximum absolute atomic E-state index is 2.47. The first-order chi connectivity index (χ1) is 5.61. The molecule has 2 aliphatic carbocycles. The van der Waals surface area contributed by atoms with Gasteiger partial charge in [0.15, 0.2) is 0 Å². The largest absolute Gasteiger partial charge is 0.0628 e. The average Bonchev–Trinajstić information content (AvgIpc) is 1.97. The zero-order valence-corrected chi connectivity index (χ0v) is 8.88. The van der Waals surface area contributed by atoms with Gasteiger partial charge in [0, 0.05) is 0 Å². The molecule has 0 radical (unpaired) electrons. The molecule has 70 valence electrons. The Balaban J connectivity index is 1.90. The predicted molar refractivity (Wildman–Crippen MR) is 52.9 cm³/mol. The maximum atomic E-state index is 2.47. The highest BCUT2D eigenvalue weighted by Gasteiger charge is 2.56. The van der Waals surface area contributed by atoms with Crippen LogP contribution in [0.4, 0.5) is 0 Å². The van der Waals surface area contributed by atoms with E-state index in [0.29, 0.717) is 0 Å². The van der Waals surface area contributed by atoms with Crippen LogP contribution >= 0.6 is 0 Å². The lowest BCUT2D eigenvalue weighted by Gasteiger charge is -2.63. The Hall–Kier alpha value is 0. The molecule has 0 aromatic rings. The van der Waals surface area contributed by atoms with Crippen molar-refractivity contribution in [2.24, 2.45) is 35.5 Å². The summed E-state index contributed by atoms with van der Waals surface area (Å²) < 4.78 is 0. The van der Waals surface area contributed by atoms with Gasteiger partial charge in [0.25, 0.3) is 0 Å². The summed E-state index contributed by atoms with van der Waals surface area (Å²) in [6.45, 7) is 9.65. The van der Waals surface area contributed by atoms with Crippen molar-refractivity contribution in [2.45, 2.75) is 40.5 Å². The minimum absolute atomic E-state index is 0.909. The van der Waals surface area contributed by atoms with Gasteiger partial charge in [0.1, 0.15) is 0 Å². The van der Waals surface area contributed by atoms with Gasteiger partial charge in [-0.2, -0.15) is 0 Å². The van der Waals surface area contributed by atoms with Crippen LogP contribution in [0.25, 0.3) is 0 Å². The molecule has 2 rings (SSSR count). The SMILES string of the molecule is CC(C)CC1C(C)C2CC(C)C12. The monoisotopic (exact) mass is 166 g/mol. The van der Waals surface area contributed by atoms with Crippen molar-refractivity contribution in [1.29, 1.82) is 0 Å². The lowest BCUT2D eigenvalue weighted by Crippen LogP contribution is -2.57. The number of hydrogen-bond donors (Lipinski definition) is 0. The summed E-state index contributed by atoms with van der Waals surface area (Å²) >= 11 is 0. The minimum atomic E-state index is 0.909. The molecule has 0 aromatic carbocycles. The molecule has 0 bridgehead atoms. The van der Waals surface area contributed by atoms with E-state index in [4.69, 9.17) is 0 Å². The molecule has 0 N–H and O–H groups in total. The fourth-order valence-corrected chi connectivity index (χ4v) is 3.71. The van der Waals surface area contributed by atoms with E-state index in [0.717, 1.165) is 35.5 Å². The Kier molecular flexibility index (Phi) is 1.97. The molecule has 0 aliphatic heterocycles. The first-order valence-electron chi connectivity index (χ1n) is 5.61. The van der Waals surface area contributed by atoms with Crippen LogP contribution in [0, 0.1) is 35.5 Å². The number of rotatable bonds is 2. The zero-order valence-electron chi connectivity index (χ0n) is 8.88. The molecule has 0 nitrogen and oxygen atoms in total. The highest BCUT2D eigenvalue weighted by molar-refractivity contribution is 5.04. The molecular formula is C12H22. The molecular weight excluding hydrogens is 144 g/mol. The molecule has 2 fully saturated rings. The molecule has 2 aliphatic rings. The van der Waals surface area contributed by atoms with E-state index in [1.54, 1.807) is 0 Å². The fourth-order valence-electron chi connectivity index (χ4n) is 3.71. The maximum Gasteiger partial charge on any atom is -0.0326 e. The van der Waals surface area contributed by atoms with Crippen LogP contribution in [-0.2, 0) is 0 Å². The third-order valence-corrected chi connectivity index (χ3v) is 4.38. The van der Waals surface area contributed by atoms with Crippen molar-refractivity contribution in [3.8, 4) is 0 Å². The number of hydrogen-bond acceptors (Lipinski definition) is 0. The molecule has 0 amide bonds. The van der Waals surface area contributed by atoms with Gasteiger partial charge in [-0.15, -0.1) is 0 Å². The lowest BCUT2D eigenvalue weighted by atomic mass is 9.42. The van der Waals surface area contributed by atoms with Crippen molar-refractivity contribution < 1.29 is 0 Å². The van der Waals surface area contributed by atoms with Gasteiger partial charge in [0.05, 0.1) is 0 Å². The van der Waals surface area contributed by atoms with Crippen molar-refractivity contribution in [3.05, 3.63) is 0 Å². The molecule has 0 aromatic heterocycles. The van der Waals surface area contributed by atoms with E-state index in [-0.39, 0.29) is 0 Å². The quantitative estimate of drug-likeness (QED) is 0.588. The molecule has 2 saturated carbocycles. The van der Waals surface area contributed by atoms with Crippen LogP contribution in [0.3, 0.4) is 0 Å². The van der Waals surface area contributed by atoms with E-state index in [1.165, 1.54) is 12.8 Å². The van der Waals surface area contributed by atoms with E-state index >= 15 is 0 Å². The average molecular weight is 166 g/mol. The summed E-state index contributed by atoms with van der Waals surface area (Å²) in [5, 5.41) is 0. The Labute approximate surface area is 76.7 Å². The molecule has 0 saturated heterocycles. The summed E-state index contributed by atoms with van der Waals surface area (Å²) in [7, 11) is 0. The third-order valence-electron chi connectivity index (χ3n) is 4.38. The zero-order chi connectivity index (χ0) is 8.88. The van der Waals surface area contributed by atoms with Gasteiger partial charge >= 0.3 is 0 Å². The third kappa shape index (κ3) is 1.03. The highest BCUT2D eigenvalue weighted by Crippen LogP contribution is 2.62. The topological polar surface area (TPSA) is 0 Å². The summed E-state index contributed by atoms with van der Waals surface area (Å²) in [4.78, 5) is 0. The van der Waals surface area contributed by atoms with Crippen LogP contribution in [-0.4, -0.2) is 0 Å². The molecule has 0 heterocycles. The second-order valence-corrected chi connectivity index (χ2v) is 5.61. The predicted octanol–water partition coefficient (Wildman–Crippen LogP) is 3.57. The van der Waals surface area contributed by atoms with E-state index < -0.39 is 0 Å². The first kappa shape index (κ1) is 8.59. The van der Waals surface area contributed by atoms with Gasteiger partial charge in [-0.25, -0.2) is 0 Å². The van der Waals surface area contributed by atoms with E-state index in [1.807, 2.05) is 0 Å². The standard InChI is InChI=1S/C12H22/c1-7(2)5-10-9(4)11-6-8(3)12(10)11/h7-12H,5-6H2,1-4H3. The smallest absolute Gasteiger partial charge is 0.0326 e. The van der Waals surface area contributed by atoms with E-state index in [2.05, 4.69) is 27.7 Å². The fraction of sp³-hybridized carbons (Fsp3) is 1.00. The van der Waals surface area contributed by atoms with Gasteiger partial charge < -0.3 is 0 Å². The van der Waals surface area contributed by atoms with Crippen molar-refractivity contribution >= 4 is 0 Å². The second kappa shape index (κ2) is 2.75. The second-order valence-electron chi connectivity index (χ2n) is 5.61. The van der Waals surface area contributed by atoms with Crippen molar-refractivity contribution in [1.82, 2.24) is 0 Å². The van der Waals surface area contributed by atoms with Crippen LogP contribution in [0.2, 0.25) is 0 Å². The normalized spacial score (nSPS) is 51.2. The van der Waals surface area contributed by atoms with Crippen molar-refractivity contribution in [3.63, 3.8) is 0 Å². The molecule has 5 unspecified atom stereocenters. The molecule has 5 atom stereocenters. The van der Waals surface area contributed by atoms with E-state index in [9.17, 15) is 0 Å². The Morgan fingerprint density at radius 1 is 1.25 bits per heavy atom. The number of fused-ring (bicyclic) bond motifs is 1. The first-order valence-corrected chi connectivity index (χ1v) is 5.61. The molecule has 12 heavy (non-hydrogen) atoms. The Morgan fingerprint density at radius 2 is 1.92 bits per heavy atom. The minimum Gasteiger partial charge on any atom is -0.0628 e. The van der Waals surface area contributed by atoms with Gasteiger partial charge in [-0.3, -0.25) is 0 Å².